The van der Waals surface area contributed by atoms with Crippen LogP contribution >= 0.6 is 22.9 Å². The molecule has 1 heterocycles. The number of rotatable bonds is 5. The number of carbonyl (C=O) groups excluding carboxylic acids is 1. The molecule has 1 aromatic heterocycles. The Morgan fingerprint density at radius 3 is 2.80 bits per heavy atom. The van der Waals surface area contributed by atoms with E-state index in [1.54, 1.807) is 0 Å². The molecule has 0 atom stereocenters. The Hall–Kier alpha value is -2.37. The lowest BCUT2D eigenvalue weighted by molar-refractivity contribution is 0.102. The second-order valence-electron chi connectivity index (χ2n) is 5.33. The van der Waals surface area contributed by atoms with Gasteiger partial charge in [-0.3, -0.25) is 4.79 Å². The molecule has 0 fully saturated rings. The number of anilines is 1. The third kappa shape index (κ3) is 4.00. The van der Waals surface area contributed by atoms with E-state index in [1.807, 2.05) is 62.4 Å². The fourth-order valence-corrected chi connectivity index (χ4v) is 3.53. The first-order chi connectivity index (χ1) is 12.1. The van der Waals surface area contributed by atoms with Gasteiger partial charge >= 0.3 is 0 Å². The first kappa shape index (κ1) is 17.5. The molecule has 1 amide bonds. The van der Waals surface area contributed by atoms with Crippen LogP contribution in [-0.2, 0) is 0 Å². The molecule has 0 radical (unpaired) electrons. The highest BCUT2D eigenvalue weighted by atomic mass is 35.5. The van der Waals surface area contributed by atoms with E-state index in [0.29, 0.717) is 33.6 Å². The van der Waals surface area contributed by atoms with E-state index in [2.05, 4.69) is 10.3 Å². The quantitative estimate of drug-likeness (QED) is 0.650. The number of ether oxygens (including phenoxy) is 1. The van der Waals surface area contributed by atoms with E-state index in [-0.39, 0.29) is 5.91 Å². The van der Waals surface area contributed by atoms with Crippen molar-refractivity contribution in [2.75, 3.05) is 11.9 Å². The van der Waals surface area contributed by atoms with Gasteiger partial charge in [0.25, 0.3) is 5.91 Å². The Morgan fingerprint density at radius 1 is 1.24 bits per heavy atom. The summed E-state index contributed by atoms with van der Waals surface area (Å²) in [6.07, 6.45) is 0. The summed E-state index contributed by atoms with van der Waals surface area (Å²) in [4.78, 5) is 17.8. The highest BCUT2D eigenvalue weighted by Crippen LogP contribution is 2.31. The number of benzene rings is 2. The minimum absolute atomic E-state index is 0.199. The molecule has 0 aliphatic heterocycles. The number of halogens is 1. The molecule has 0 unspecified atom stereocenters. The second-order valence-corrected chi connectivity index (χ2v) is 6.76. The maximum atomic E-state index is 12.7. The lowest BCUT2D eigenvalue weighted by Crippen LogP contribution is -2.12. The van der Waals surface area contributed by atoms with Crippen LogP contribution in [-0.4, -0.2) is 17.5 Å². The van der Waals surface area contributed by atoms with Crippen molar-refractivity contribution in [3.05, 3.63) is 64.1 Å². The molecule has 25 heavy (non-hydrogen) atoms. The zero-order valence-electron chi connectivity index (χ0n) is 13.9. The zero-order chi connectivity index (χ0) is 17.8. The molecule has 3 aromatic rings. The van der Waals surface area contributed by atoms with Gasteiger partial charge in [0, 0.05) is 10.6 Å². The molecule has 4 nitrogen and oxygen atoms in total. The fraction of sp³-hybridized carbons (Fsp3) is 0.158. The Labute approximate surface area is 155 Å². The molecular weight excluding hydrogens is 356 g/mol. The average Bonchev–Trinajstić information content (AvgIpc) is 2.99. The van der Waals surface area contributed by atoms with Gasteiger partial charge in [-0.15, -0.1) is 11.3 Å². The van der Waals surface area contributed by atoms with Crippen molar-refractivity contribution in [3.8, 4) is 16.3 Å². The van der Waals surface area contributed by atoms with Crippen molar-refractivity contribution in [1.29, 1.82) is 0 Å². The van der Waals surface area contributed by atoms with Crippen molar-refractivity contribution < 1.29 is 9.53 Å². The van der Waals surface area contributed by atoms with E-state index in [4.69, 9.17) is 16.3 Å². The number of nitrogens with one attached hydrogen (secondary N) is 1. The highest BCUT2D eigenvalue weighted by molar-refractivity contribution is 7.17. The van der Waals surface area contributed by atoms with Gasteiger partial charge < -0.3 is 10.1 Å². The molecule has 0 aliphatic rings. The summed E-state index contributed by atoms with van der Waals surface area (Å²) < 4.78 is 5.55. The van der Waals surface area contributed by atoms with Crippen LogP contribution in [0.1, 0.15) is 22.3 Å². The second kappa shape index (κ2) is 7.68. The summed E-state index contributed by atoms with van der Waals surface area (Å²) in [6.45, 7) is 4.27. The molecule has 128 valence electrons. The van der Waals surface area contributed by atoms with Gasteiger partial charge in [-0.2, -0.15) is 0 Å². The molecule has 0 bridgehead atoms. The van der Waals surface area contributed by atoms with Gasteiger partial charge in [0.1, 0.15) is 15.6 Å². The maximum absolute atomic E-state index is 12.7. The zero-order valence-corrected chi connectivity index (χ0v) is 15.4. The fourth-order valence-electron chi connectivity index (χ4n) is 2.38. The Bertz CT molecular complexity index is 908. The molecule has 0 spiro atoms. The number of nitrogens with zero attached hydrogens (tertiary/aromatic N) is 1. The van der Waals surface area contributed by atoms with Crippen LogP contribution in [0.5, 0.6) is 5.75 Å². The van der Waals surface area contributed by atoms with Crippen LogP contribution < -0.4 is 10.1 Å². The standard InChI is InChI=1S/C19H17ClN2O2S/c1-3-24-16-10-5-4-9-15(16)22-18(23)17-12(2)21-19(25-17)13-7-6-8-14(20)11-13/h4-11H,3H2,1-2H3,(H,22,23). The third-order valence-electron chi connectivity index (χ3n) is 3.51. The smallest absolute Gasteiger partial charge is 0.267 e. The Balaban J connectivity index is 1.86. The predicted octanol–water partition coefficient (Wildman–Crippen LogP) is 5.42. The Morgan fingerprint density at radius 2 is 2.04 bits per heavy atom. The molecule has 0 saturated heterocycles. The summed E-state index contributed by atoms with van der Waals surface area (Å²) in [5, 5.41) is 4.32. The topological polar surface area (TPSA) is 51.2 Å². The predicted molar refractivity (Wildman–Crippen MR) is 103 cm³/mol. The average molecular weight is 373 g/mol. The van der Waals surface area contributed by atoms with Gasteiger partial charge in [0.15, 0.2) is 0 Å². The number of carbonyl (C=O) groups is 1. The third-order valence-corrected chi connectivity index (χ3v) is 4.95. The first-order valence-corrected chi connectivity index (χ1v) is 9.04. The summed E-state index contributed by atoms with van der Waals surface area (Å²) in [7, 11) is 0. The number of aromatic nitrogens is 1. The maximum Gasteiger partial charge on any atom is 0.267 e. The minimum Gasteiger partial charge on any atom is -0.492 e. The number of hydrogen-bond donors (Lipinski definition) is 1. The number of amides is 1. The molecule has 0 saturated carbocycles. The van der Waals surface area contributed by atoms with Crippen LogP contribution in [0, 0.1) is 6.92 Å². The SMILES string of the molecule is CCOc1ccccc1NC(=O)c1sc(-c2cccc(Cl)c2)nc1C. The van der Waals surface area contributed by atoms with Crippen molar-refractivity contribution in [2.45, 2.75) is 13.8 Å². The number of thiazole rings is 1. The van der Waals surface area contributed by atoms with Gasteiger partial charge in [0.2, 0.25) is 0 Å². The number of hydrogen-bond acceptors (Lipinski definition) is 4. The molecular formula is C19H17ClN2O2S. The van der Waals surface area contributed by atoms with Crippen molar-refractivity contribution in [1.82, 2.24) is 4.98 Å². The monoisotopic (exact) mass is 372 g/mol. The minimum atomic E-state index is -0.199. The van der Waals surface area contributed by atoms with Crippen LogP contribution in [0.3, 0.4) is 0 Å². The van der Waals surface area contributed by atoms with Crippen molar-refractivity contribution in [2.24, 2.45) is 0 Å². The lowest BCUT2D eigenvalue weighted by Gasteiger charge is -2.10. The van der Waals surface area contributed by atoms with Crippen molar-refractivity contribution >= 4 is 34.5 Å². The molecule has 3 rings (SSSR count). The largest absolute Gasteiger partial charge is 0.492 e. The van der Waals surface area contributed by atoms with Crippen LogP contribution in [0.15, 0.2) is 48.5 Å². The van der Waals surface area contributed by atoms with Gasteiger partial charge in [0.05, 0.1) is 18.0 Å². The van der Waals surface area contributed by atoms with E-state index in [9.17, 15) is 4.79 Å². The molecule has 1 N–H and O–H groups in total. The summed E-state index contributed by atoms with van der Waals surface area (Å²) in [6, 6.07) is 14.8. The van der Waals surface area contributed by atoms with Crippen LogP contribution in [0.4, 0.5) is 5.69 Å². The van der Waals surface area contributed by atoms with Crippen LogP contribution in [0.25, 0.3) is 10.6 Å². The van der Waals surface area contributed by atoms with E-state index in [0.717, 1.165) is 10.6 Å². The molecule has 0 aliphatic carbocycles. The molecule has 2 aromatic carbocycles. The number of para-hydroxylation sites is 2. The summed E-state index contributed by atoms with van der Waals surface area (Å²) in [5.41, 5.74) is 2.23. The molecule has 6 heteroatoms. The highest BCUT2D eigenvalue weighted by Gasteiger charge is 2.17. The lowest BCUT2D eigenvalue weighted by atomic mass is 10.2. The summed E-state index contributed by atoms with van der Waals surface area (Å²) >= 11 is 7.39. The van der Waals surface area contributed by atoms with Gasteiger partial charge in [-0.05, 0) is 38.1 Å². The first-order valence-electron chi connectivity index (χ1n) is 7.85. The van der Waals surface area contributed by atoms with E-state index < -0.39 is 0 Å². The van der Waals surface area contributed by atoms with E-state index in [1.165, 1.54) is 11.3 Å². The normalized spacial score (nSPS) is 10.5. The van der Waals surface area contributed by atoms with Crippen molar-refractivity contribution in [3.63, 3.8) is 0 Å². The number of aryl methyl sites for hydroxylation is 1. The Kier molecular flexibility index (Phi) is 5.36. The van der Waals surface area contributed by atoms with Gasteiger partial charge in [-0.1, -0.05) is 35.9 Å². The van der Waals surface area contributed by atoms with E-state index >= 15 is 0 Å². The van der Waals surface area contributed by atoms with Crippen LogP contribution in [0.2, 0.25) is 5.02 Å². The summed E-state index contributed by atoms with van der Waals surface area (Å²) in [5.74, 6) is 0.450. The van der Waals surface area contributed by atoms with Gasteiger partial charge in [-0.25, -0.2) is 4.98 Å².